The van der Waals surface area contributed by atoms with E-state index in [-0.39, 0.29) is 17.7 Å². The van der Waals surface area contributed by atoms with Crippen LogP contribution in [0, 0.1) is 0 Å². The van der Waals surface area contributed by atoms with Gasteiger partial charge >= 0.3 is 0 Å². The average Bonchev–Trinajstić information content (AvgIpc) is 3.25. The highest BCUT2D eigenvalue weighted by Gasteiger charge is 2.15. The summed E-state index contributed by atoms with van der Waals surface area (Å²) in [5, 5.41) is 7.26. The van der Waals surface area contributed by atoms with Crippen molar-refractivity contribution in [3.63, 3.8) is 0 Å². The zero-order valence-corrected chi connectivity index (χ0v) is 18.9. The molecule has 2 aromatic carbocycles. The first-order chi connectivity index (χ1) is 14.9. The molecule has 0 fully saturated rings. The van der Waals surface area contributed by atoms with Crippen molar-refractivity contribution in [3.05, 3.63) is 76.0 Å². The van der Waals surface area contributed by atoms with Gasteiger partial charge in [-0.3, -0.25) is 14.4 Å². The van der Waals surface area contributed by atoms with Gasteiger partial charge in [-0.05, 0) is 48.5 Å². The SMILES string of the molecule is CSNc1cccc(NC(=O)c2cc(C(=O)Nc3ccc(C(=O)N(C)C)cc3)cs2)c1. The summed E-state index contributed by atoms with van der Waals surface area (Å²) >= 11 is 2.66. The second-order valence-electron chi connectivity index (χ2n) is 6.77. The summed E-state index contributed by atoms with van der Waals surface area (Å²) in [6, 6.07) is 15.6. The summed E-state index contributed by atoms with van der Waals surface area (Å²) in [7, 11) is 3.36. The van der Waals surface area contributed by atoms with E-state index in [0.29, 0.717) is 27.4 Å². The summed E-state index contributed by atoms with van der Waals surface area (Å²) in [6.07, 6.45) is 1.92. The molecular formula is C22H22N4O3S2. The molecule has 0 bridgehead atoms. The van der Waals surface area contributed by atoms with E-state index >= 15 is 0 Å². The van der Waals surface area contributed by atoms with Crippen LogP contribution in [0.4, 0.5) is 17.1 Å². The lowest BCUT2D eigenvalue weighted by atomic mass is 10.2. The van der Waals surface area contributed by atoms with Gasteiger partial charge < -0.3 is 20.3 Å². The minimum Gasteiger partial charge on any atom is -0.345 e. The number of nitrogens with zero attached hydrogens (tertiary/aromatic N) is 1. The molecule has 0 spiro atoms. The third kappa shape index (κ3) is 5.87. The van der Waals surface area contributed by atoms with Crippen LogP contribution in [0.1, 0.15) is 30.4 Å². The Kier molecular flexibility index (Phi) is 7.32. The fraction of sp³-hybridized carbons (Fsp3) is 0.136. The predicted molar refractivity (Wildman–Crippen MR) is 128 cm³/mol. The van der Waals surface area contributed by atoms with Crippen molar-refractivity contribution >= 4 is 58.1 Å². The van der Waals surface area contributed by atoms with E-state index in [1.54, 1.807) is 55.9 Å². The van der Waals surface area contributed by atoms with E-state index in [9.17, 15) is 14.4 Å². The molecule has 0 saturated heterocycles. The highest BCUT2D eigenvalue weighted by atomic mass is 32.2. The Morgan fingerprint density at radius 3 is 2.19 bits per heavy atom. The van der Waals surface area contributed by atoms with Crippen molar-refractivity contribution in [1.82, 2.24) is 4.90 Å². The topological polar surface area (TPSA) is 90.5 Å². The number of anilines is 3. The van der Waals surface area contributed by atoms with E-state index < -0.39 is 0 Å². The van der Waals surface area contributed by atoms with E-state index in [0.717, 1.165) is 5.69 Å². The van der Waals surface area contributed by atoms with Gasteiger partial charge in [0.05, 0.1) is 10.4 Å². The van der Waals surface area contributed by atoms with Crippen molar-refractivity contribution in [2.45, 2.75) is 0 Å². The molecule has 0 aliphatic rings. The van der Waals surface area contributed by atoms with Crippen molar-refractivity contribution in [2.75, 3.05) is 35.7 Å². The molecule has 3 amide bonds. The number of carbonyl (C=O) groups is 3. The normalized spacial score (nSPS) is 10.3. The standard InChI is InChI=1S/C22H22N4O3S2/c1-26(2)22(29)14-7-9-16(10-8-14)23-20(27)15-11-19(31-13-15)21(28)24-17-5-4-6-18(12-17)25-30-3/h4-13,25H,1-3H3,(H,23,27)(H,24,28). The summed E-state index contributed by atoms with van der Waals surface area (Å²) in [6.45, 7) is 0. The molecule has 0 saturated carbocycles. The molecule has 9 heteroatoms. The predicted octanol–water partition coefficient (Wildman–Crippen LogP) is 4.64. The lowest BCUT2D eigenvalue weighted by Crippen LogP contribution is -2.21. The van der Waals surface area contributed by atoms with Gasteiger partial charge in [0.15, 0.2) is 0 Å². The van der Waals surface area contributed by atoms with Gasteiger partial charge in [0.25, 0.3) is 17.7 Å². The lowest BCUT2D eigenvalue weighted by Gasteiger charge is -2.10. The number of carbonyl (C=O) groups excluding carboxylic acids is 3. The Morgan fingerprint density at radius 2 is 1.52 bits per heavy atom. The highest BCUT2D eigenvalue weighted by Crippen LogP contribution is 2.21. The molecule has 7 nitrogen and oxygen atoms in total. The minimum absolute atomic E-state index is 0.110. The Morgan fingerprint density at radius 1 is 0.839 bits per heavy atom. The first kappa shape index (κ1) is 22.4. The molecular weight excluding hydrogens is 432 g/mol. The van der Waals surface area contributed by atoms with Crippen LogP contribution in [-0.2, 0) is 0 Å². The van der Waals surface area contributed by atoms with Crippen molar-refractivity contribution in [3.8, 4) is 0 Å². The molecule has 31 heavy (non-hydrogen) atoms. The van der Waals surface area contributed by atoms with Gasteiger partial charge in [0, 0.05) is 48.4 Å². The van der Waals surface area contributed by atoms with Crippen molar-refractivity contribution in [1.29, 1.82) is 0 Å². The second-order valence-corrected chi connectivity index (χ2v) is 8.30. The van der Waals surface area contributed by atoms with Crippen molar-refractivity contribution in [2.24, 2.45) is 0 Å². The Labute approximate surface area is 189 Å². The number of hydrogen-bond donors (Lipinski definition) is 3. The van der Waals surface area contributed by atoms with E-state index in [4.69, 9.17) is 0 Å². The third-order valence-electron chi connectivity index (χ3n) is 4.22. The van der Waals surface area contributed by atoms with E-state index in [2.05, 4.69) is 15.4 Å². The molecule has 1 aromatic heterocycles. The van der Waals surface area contributed by atoms with Gasteiger partial charge in [-0.1, -0.05) is 18.0 Å². The van der Waals surface area contributed by atoms with Gasteiger partial charge in [-0.15, -0.1) is 11.3 Å². The quantitative estimate of drug-likeness (QED) is 0.452. The van der Waals surface area contributed by atoms with Gasteiger partial charge in [0.2, 0.25) is 0 Å². The molecule has 160 valence electrons. The number of rotatable bonds is 7. The fourth-order valence-electron chi connectivity index (χ4n) is 2.70. The van der Waals surface area contributed by atoms with Crippen LogP contribution < -0.4 is 15.4 Å². The highest BCUT2D eigenvalue weighted by molar-refractivity contribution is 7.99. The van der Waals surface area contributed by atoms with Crippen LogP contribution in [0.25, 0.3) is 0 Å². The Balaban J connectivity index is 1.63. The maximum Gasteiger partial charge on any atom is 0.265 e. The van der Waals surface area contributed by atoms with Crippen LogP contribution in [0.5, 0.6) is 0 Å². The van der Waals surface area contributed by atoms with Gasteiger partial charge in [-0.25, -0.2) is 0 Å². The van der Waals surface area contributed by atoms with Crippen LogP contribution in [0.15, 0.2) is 60.0 Å². The molecule has 0 atom stereocenters. The summed E-state index contributed by atoms with van der Waals surface area (Å²) in [4.78, 5) is 38.9. The smallest absolute Gasteiger partial charge is 0.265 e. The third-order valence-corrected chi connectivity index (χ3v) is 5.59. The molecule has 3 aromatic rings. The Hall–Kier alpha value is -3.30. The lowest BCUT2D eigenvalue weighted by molar-refractivity contribution is 0.0827. The maximum atomic E-state index is 12.5. The molecule has 0 unspecified atom stereocenters. The van der Waals surface area contributed by atoms with E-state index in [1.807, 2.05) is 24.5 Å². The summed E-state index contributed by atoms with van der Waals surface area (Å²) < 4.78 is 3.11. The van der Waals surface area contributed by atoms with Gasteiger partial charge in [-0.2, -0.15) is 0 Å². The monoisotopic (exact) mass is 454 g/mol. The number of nitrogens with one attached hydrogen (secondary N) is 3. The van der Waals surface area contributed by atoms with Gasteiger partial charge in [0.1, 0.15) is 0 Å². The van der Waals surface area contributed by atoms with Crippen LogP contribution in [0.2, 0.25) is 0 Å². The molecule has 3 N–H and O–H groups in total. The fourth-order valence-corrected chi connectivity index (χ4v) is 3.85. The zero-order chi connectivity index (χ0) is 22.4. The van der Waals surface area contributed by atoms with Crippen molar-refractivity contribution < 1.29 is 14.4 Å². The number of amides is 3. The first-order valence-corrected chi connectivity index (χ1v) is 11.4. The first-order valence-electron chi connectivity index (χ1n) is 9.29. The molecule has 0 radical (unpaired) electrons. The Bertz CT molecular complexity index is 1090. The minimum atomic E-state index is -0.326. The number of thiophene rings is 1. The summed E-state index contributed by atoms with van der Waals surface area (Å²) in [5.74, 6) is -0.716. The maximum absolute atomic E-state index is 12.5. The molecule has 3 rings (SSSR count). The van der Waals surface area contributed by atoms with Crippen LogP contribution in [-0.4, -0.2) is 43.0 Å². The largest absolute Gasteiger partial charge is 0.345 e. The second kappa shape index (κ2) is 10.1. The number of benzene rings is 2. The van der Waals surface area contributed by atoms with E-state index in [1.165, 1.54) is 28.2 Å². The van der Waals surface area contributed by atoms with Crippen LogP contribution in [0.3, 0.4) is 0 Å². The molecule has 0 aliphatic heterocycles. The molecule has 0 aliphatic carbocycles. The number of hydrogen-bond acceptors (Lipinski definition) is 6. The average molecular weight is 455 g/mol. The summed E-state index contributed by atoms with van der Waals surface area (Å²) in [5.41, 5.74) is 3.04. The van der Waals surface area contributed by atoms with Crippen LogP contribution >= 0.6 is 23.3 Å². The zero-order valence-electron chi connectivity index (χ0n) is 17.3. The molecule has 1 heterocycles.